The molecule has 0 amide bonds. The Kier molecular flexibility index (Phi) is 4.41. The van der Waals surface area contributed by atoms with E-state index in [0.29, 0.717) is 11.3 Å². The molecule has 0 bridgehead atoms. The van der Waals surface area contributed by atoms with Crippen LogP contribution in [0.5, 0.6) is 5.75 Å². The Hall–Kier alpha value is -2.16. The molecule has 1 unspecified atom stereocenters. The molecule has 0 aliphatic carbocycles. The third-order valence-electron chi connectivity index (χ3n) is 3.48. The van der Waals surface area contributed by atoms with Crippen molar-refractivity contribution in [2.24, 2.45) is 0 Å². The summed E-state index contributed by atoms with van der Waals surface area (Å²) in [5.74, 6) is -0.0667. The fourth-order valence-electron chi connectivity index (χ4n) is 2.17. The van der Waals surface area contributed by atoms with Gasteiger partial charge in [-0.3, -0.25) is 4.79 Å². The summed E-state index contributed by atoms with van der Waals surface area (Å²) in [5, 5.41) is 0. The van der Waals surface area contributed by atoms with E-state index in [9.17, 15) is 9.18 Å². The van der Waals surface area contributed by atoms with Crippen LogP contribution < -0.4 is 4.74 Å². The summed E-state index contributed by atoms with van der Waals surface area (Å²) >= 11 is 0. The molecule has 0 N–H and O–H groups in total. The number of ether oxygens (including phenoxy) is 1. The van der Waals surface area contributed by atoms with Crippen molar-refractivity contribution in [3.63, 3.8) is 0 Å². The monoisotopic (exact) mass is 286 g/mol. The van der Waals surface area contributed by atoms with Gasteiger partial charge in [-0.05, 0) is 51.0 Å². The van der Waals surface area contributed by atoms with Crippen molar-refractivity contribution in [1.82, 2.24) is 0 Å². The Balaban J connectivity index is 2.23. The van der Waals surface area contributed by atoms with Crippen molar-refractivity contribution in [3.05, 3.63) is 64.5 Å². The SMILES string of the molecule is Cc1ccc(C)c(C(=O)C(C)Oc2cc(F)ccc2C)c1. The van der Waals surface area contributed by atoms with E-state index >= 15 is 0 Å². The first kappa shape index (κ1) is 15.2. The zero-order valence-electron chi connectivity index (χ0n) is 12.7. The molecule has 110 valence electrons. The van der Waals surface area contributed by atoms with Gasteiger partial charge >= 0.3 is 0 Å². The second kappa shape index (κ2) is 6.08. The first-order valence-electron chi connectivity index (χ1n) is 6.93. The first-order chi connectivity index (χ1) is 9.88. The summed E-state index contributed by atoms with van der Waals surface area (Å²) in [6, 6.07) is 10.1. The average molecular weight is 286 g/mol. The molecule has 1 atom stereocenters. The number of hydrogen-bond donors (Lipinski definition) is 0. The Labute approximate surface area is 124 Å². The second-order valence-electron chi connectivity index (χ2n) is 5.35. The fraction of sp³-hybridized carbons (Fsp3) is 0.278. The number of Topliss-reactive ketones (excluding diaryl/α,β-unsaturated/α-hetero) is 1. The summed E-state index contributed by atoms with van der Waals surface area (Å²) in [6.45, 7) is 7.35. The number of ketones is 1. The summed E-state index contributed by atoms with van der Waals surface area (Å²) < 4.78 is 18.9. The maximum atomic E-state index is 13.3. The average Bonchev–Trinajstić information content (AvgIpc) is 2.44. The Morgan fingerprint density at radius 3 is 2.43 bits per heavy atom. The van der Waals surface area contributed by atoms with Gasteiger partial charge in [0.1, 0.15) is 11.6 Å². The zero-order valence-corrected chi connectivity index (χ0v) is 12.7. The molecule has 2 aromatic rings. The molecular weight excluding hydrogens is 267 g/mol. The van der Waals surface area contributed by atoms with Crippen molar-refractivity contribution >= 4 is 5.78 Å². The lowest BCUT2D eigenvalue weighted by Gasteiger charge is -2.17. The number of benzene rings is 2. The molecule has 0 saturated carbocycles. The van der Waals surface area contributed by atoms with Crippen LogP contribution in [0.3, 0.4) is 0 Å². The second-order valence-corrected chi connectivity index (χ2v) is 5.35. The van der Waals surface area contributed by atoms with Crippen molar-refractivity contribution < 1.29 is 13.9 Å². The molecule has 0 radical (unpaired) electrons. The molecule has 2 rings (SSSR count). The first-order valence-corrected chi connectivity index (χ1v) is 6.93. The van der Waals surface area contributed by atoms with E-state index < -0.39 is 6.10 Å². The maximum absolute atomic E-state index is 13.3. The van der Waals surface area contributed by atoms with Crippen molar-refractivity contribution in [1.29, 1.82) is 0 Å². The zero-order chi connectivity index (χ0) is 15.6. The van der Waals surface area contributed by atoms with Crippen LogP contribution in [0.4, 0.5) is 4.39 Å². The Morgan fingerprint density at radius 2 is 1.71 bits per heavy atom. The Bertz CT molecular complexity index is 677. The molecule has 0 aliphatic rings. The summed E-state index contributed by atoms with van der Waals surface area (Å²) in [5.41, 5.74) is 3.39. The summed E-state index contributed by atoms with van der Waals surface area (Å²) in [7, 11) is 0. The van der Waals surface area contributed by atoms with Crippen LogP contribution in [0.25, 0.3) is 0 Å². The minimum Gasteiger partial charge on any atom is -0.482 e. The third kappa shape index (κ3) is 3.48. The van der Waals surface area contributed by atoms with Crippen LogP contribution in [0, 0.1) is 26.6 Å². The van der Waals surface area contributed by atoms with Crippen molar-refractivity contribution in [2.45, 2.75) is 33.8 Å². The predicted octanol–water partition coefficient (Wildman–Crippen LogP) is 4.40. The van der Waals surface area contributed by atoms with Gasteiger partial charge in [-0.15, -0.1) is 0 Å². The number of carbonyl (C=O) groups excluding carboxylic acids is 1. The van der Waals surface area contributed by atoms with Gasteiger partial charge in [-0.2, -0.15) is 0 Å². The lowest BCUT2D eigenvalue weighted by Crippen LogP contribution is -2.25. The molecular formula is C18H19FO2. The van der Waals surface area contributed by atoms with Crippen molar-refractivity contribution in [2.75, 3.05) is 0 Å². The normalized spacial score (nSPS) is 12.0. The molecule has 2 nitrogen and oxygen atoms in total. The highest BCUT2D eigenvalue weighted by atomic mass is 19.1. The van der Waals surface area contributed by atoms with Gasteiger partial charge in [-0.25, -0.2) is 4.39 Å². The van der Waals surface area contributed by atoms with Crippen LogP contribution in [0.1, 0.15) is 34.0 Å². The van der Waals surface area contributed by atoms with Crippen LogP contribution in [-0.2, 0) is 0 Å². The van der Waals surface area contributed by atoms with Crippen LogP contribution in [-0.4, -0.2) is 11.9 Å². The smallest absolute Gasteiger partial charge is 0.203 e. The van der Waals surface area contributed by atoms with Crippen LogP contribution >= 0.6 is 0 Å². The lowest BCUT2D eigenvalue weighted by molar-refractivity contribution is 0.0816. The van der Waals surface area contributed by atoms with Gasteiger partial charge in [0.25, 0.3) is 0 Å². The quantitative estimate of drug-likeness (QED) is 0.779. The molecule has 21 heavy (non-hydrogen) atoms. The third-order valence-corrected chi connectivity index (χ3v) is 3.48. The van der Waals surface area contributed by atoms with E-state index in [0.717, 1.165) is 16.7 Å². The summed E-state index contributed by atoms with van der Waals surface area (Å²) in [6.07, 6.45) is -0.661. The number of carbonyl (C=O) groups is 1. The molecule has 0 spiro atoms. The topological polar surface area (TPSA) is 26.3 Å². The van der Waals surface area contributed by atoms with Crippen LogP contribution in [0.2, 0.25) is 0 Å². The van der Waals surface area contributed by atoms with E-state index in [-0.39, 0.29) is 11.6 Å². The minimum absolute atomic E-state index is 0.0974. The predicted molar refractivity (Wildman–Crippen MR) is 81.5 cm³/mol. The van der Waals surface area contributed by atoms with Gasteiger partial charge in [0.2, 0.25) is 5.78 Å². The van der Waals surface area contributed by atoms with Gasteiger partial charge < -0.3 is 4.74 Å². The van der Waals surface area contributed by atoms with E-state index in [1.54, 1.807) is 13.0 Å². The van der Waals surface area contributed by atoms with Gasteiger partial charge in [0, 0.05) is 11.6 Å². The number of rotatable bonds is 4. The van der Waals surface area contributed by atoms with Crippen molar-refractivity contribution in [3.8, 4) is 5.75 Å². The fourth-order valence-corrected chi connectivity index (χ4v) is 2.17. The summed E-state index contributed by atoms with van der Waals surface area (Å²) in [4.78, 5) is 12.5. The molecule has 0 aliphatic heterocycles. The molecule has 0 aromatic heterocycles. The number of aryl methyl sites for hydroxylation is 3. The molecule has 0 heterocycles. The molecule has 0 fully saturated rings. The standard InChI is InChI=1S/C18H19FO2/c1-11-5-6-12(2)16(9-11)18(20)14(4)21-17-10-15(19)8-7-13(17)3/h5-10,14H,1-4H3. The maximum Gasteiger partial charge on any atom is 0.203 e. The Morgan fingerprint density at radius 1 is 1.05 bits per heavy atom. The molecule has 0 saturated heterocycles. The van der Waals surface area contributed by atoms with Gasteiger partial charge in [-0.1, -0.05) is 23.8 Å². The highest BCUT2D eigenvalue weighted by Gasteiger charge is 2.19. The minimum atomic E-state index is -0.661. The van der Waals surface area contributed by atoms with Gasteiger partial charge in [0.15, 0.2) is 6.10 Å². The van der Waals surface area contributed by atoms with Crippen LogP contribution in [0.15, 0.2) is 36.4 Å². The van der Waals surface area contributed by atoms with E-state index in [1.165, 1.54) is 12.1 Å². The number of halogens is 1. The number of hydrogen-bond acceptors (Lipinski definition) is 2. The molecule has 2 aromatic carbocycles. The largest absolute Gasteiger partial charge is 0.482 e. The molecule has 3 heteroatoms. The van der Waals surface area contributed by atoms with Gasteiger partial charge in [0.05, 0.1) is 0 Å². The highest BCUT2D eigenvalue weighted by Crippen LogP contribution is 2.22. The van der Waals surface area contributed by atoms with E-state index in [2.05, 4.69) is 0 Å². The highest BCUT2D eigenvalue weighted by molar-refractivity contribution is 6.00. The van der Waals surface area contributed by atoms with E-state index in [4.69, 9.17) is 4.74 Å². The van der Waals surface area contributed by atoms with E-state index in [1.807, 2.05) is 39.0 Å². The lowest BCUT2D eigenvalue weighted by atomic mass is 9.99.